The molecular weight excluding hydrogens is 292 g/mol. The molecule has 124 valence electrons. The molecule has 2 aromatic rings. The Bertz CT molecular complexity index is 727. The van der Waals surface area contributed by atoms with E-state index in [9.17, 15) is 4.79 Å². The summed E-state index contributed by atoms with van der Waals surface area (Å²) in [5.41, 5.74) is 4.39. The Morgan fingerprint density at radius 3 is 2.26 bits per heavy atom. The molecule has 0 aliphatic heterocycles. The van der Waals surface area contributed by atoms with Gasteiger partial charge in [0.15, 0.2) is 0 Å². The maximum absolute atomic E-state index is 11.7. The number of aryl methyl sites for hydroxylation is 4. The minimum atomic E-state index is -0.384. The second-order valence-electron chi connectivity index (χ2n) is 6.01. The molecule has 0 saturated heterocycles. The first-order chi connectivity index (χ1) is 10.8. The smallest absolute Gasteiger partial charge is 0.333 e. The monoisotopic (exact) mass is 316 g/mol. The van der Waals surface area contributed by atoms with Crippen molar-refractivity contribution in [1.82, 2.24) is 19.6 Å². The van der Waals surface area contributed by atoms with Crippen LogP contribution in [-0.4, -0.2) is 32.1 Å². The zero-order valence-corrected chi connectivity index (χ0v) is 14.5. The first-order valence-corrected chi connectivity index (χ1v) is 7.64. The Labute approximate surface area is 136 Å². The molecule has 23 heavy (non-hydrogen) atoms. The molecule has 0 spiro atoms. The number of nitrogens with zero attached hydrogens (tertiary/aromatic N) is 4. The third-order valence-electron chi connectivity index (χ3n) is 3.63. The predicted molar refractivity (Wildman–Crippen MR) is 88.2 cm³/mol. The fraction of sp³-hybridized carbons (Fsp3) is 0.471. The van der Waals surface area contributed by atoms with Crippen LogP contribution in [0, 0.1) is 27.7 Å². The second-order valence-corrected chi connectivity index (χ2v) is 6.01. The second kappa shape index (κ2) is 6.81. The fourth-order valence-corrected chi connectivity index (χ4v) is 2.57. The van der Waals surface area contributed by atoms with Crippen LogP contribution in [0.4, 0.5) is 0 Å². The molecule has 0 N–H and O–H groups in total. The summed E-state index contributed by atoms with van der Waals surface area (Å²) < 4.78 is 9.18. The van der Waals surface area contributed by atoms with Gasteiger partial charge in [-0.3, -0.25) is 9.36 Å². The molecule has 2 rings (SSSR count). The van der Waals surface area contributed by atoms with Gasteiger partial charge in [-0.15, -0.1) is 0 Å². The molecule has 0 saturated carbocycles. The highest BCUT2D eigenvalue weighted by Gasteiger charge is 2.19. The van der Waals surface area contributed by atoms with Gasteiger partial charge in [-0.25, -0.2) is 4.79 Å². The Hall–Kier alpha value is -2.37. The van der Waals surface area contributed by atoms with E-state index in [0.29, 0.717) is 12.1 Å². The van der Waals surface area contributed by atoms with Crippen LogP contribution < -0.4 is 0 Å². The standard InChI is InChI=1S/C17H24N4O2/c1-11(2)17(22)23-10-16(21-15(6)8-13(4)19-21)9-20-14(5)7-12(3)18-20/h7-8,16H,1,9-10H2,2-6H3. The van der Waals surface area contributed by atoms with Crippen LogP contribution in [0.3, 0.4) is 0 Å². The van der Waals surface area contributed by atoms with Gasteiger partial charge in [-0.2, -0.15) is 10.2 Å². The van der Waals surface area contributed by atoms with Crippen molar-refractivity contribution < 1.29 is 9.53 Å². The summed E-state index contributed by atoms with van der Waals surface area (Å²) in [6.45, 7) is 14.0. The largest absolute Gasteiger partial charge is 0.460 e. The third-order valence-corrected chi connectivity index (χ3v) is 3.63. The van der Waals surface area contributed by atoms with E-state index in [0.717, 1.165) is 22.8 Å². The van der Waals surface area contributed by atoms with Gasteiger partial charge in [0.05, 0.1) is 17.9 Å². The lowest BCUT2D eigenvalue weighted by atomic mass is 10.3. The van der Waals surface area contributed by atoms with E-state index in [-0.39, 0.29) is 18.6 Å². The Kier molecular flexibility index (Phi) is 5.03. The summed E-state index contributed by atoms with van der Waals surface area (Å²) in [5.74, 6) is -0.384. The SMILES string of the molecule is C=C(C)C(=O)OCC(Cn1nc(C)cc1C)n1nc(C)cc1C. The number of ether oxygens (including phenoxy) is 1. The van der Waals surface area contributed by atoms with Crippen molar-refractivity contribution in [1.29, 1.82) is 0 Å². The number of carbonyl (C=O) groups is 1. The van der Waals surface area contributed by atoms with Gasteiger partial charge < -0.3 is 4.74 Å². The molecule has 1 unspecified atom stereocenters. The maximum Gasteiger partial charge on any atom is 0.333 e. The summed E-state index contributed by atoms with van der Waals surface area (Å²) in [6.07, 6.45) is 0. The number of rotatable bonds is 6. The average Bonchev–Trinajstić information content (AvgIpc) is 2.95. The van der Waals surface area contributed by atoms with Crippen LogP contribution >= 0.6 is 0 Å². The Morgan fingerprint density at radius 2 is 1.78 bits per heavy atom. The van der Waals surface area contributed by atoms with Crippen molar-refractivity contribution in [2.75, 3.05) is 6.61 Å². The molecule has 1 atom stereocenters. The molecule has 0 bridgehead atoms. The quantitative estimate of drug-likeness (QED) is 0.607. The Morgan fingerprint density at radius 1 is 1.17 bits per heavy atom. The highest BCUT2D eigenvalue weighted by molar-refractivity contribution is 5.86. The van der Waals surface area contributed by atoms with Gasteiger partial charge in [-0.1, -0.05) is 6.58 Å². The van der Waals surface area contributed by atoms with Gasteiger partial charge in [0.2, 0.25) is 0 Å². The number of hydrogen-bond acceptors (Lipinski definition) is 4. The van der Waals surface area contributed by atoms with Crippen molar-refractivity contribution in [3.63, 3.8) is 0 Å². The molecule has 0 aliphatic rings. The van der Waals surface area contributed by atoms with Gasteiger partial charge in [0.25, 0.3) is 0 Å². The Balaban J connectivity index is 2.24. The molecule has 6 nitrogen and oxygen atoms in total. The zero-order valence-electron chi connectivity index (χ0n) is 14.5. The topological polar surface area (TPSA) is 61.9 Å². The van der Waals surface area contributed by atoms with E-state index in [2.05, 4.69) is 16.8 Å². The lowest BCUT2D eigenvalue weighted by molar-refractivity contribution is -0.140. The van der Waals surface area contributed by atoms with E-state index < -0.39 is 0 Å². The average molecular weight is 316 g/mol. The van der Waals surface area contributed by atoms with E-state index in [1.165, 1.54) is 0 Å². The van der Waals surface area contributed by atoms with Crippen LogP contribution in [0.5, 0.6) is 0 Å². The number of carbonyl (C=O) groups excluding carboxylic acids is 1. The summed E-state index contributed by atoms with van der Waals surface area (Å²) in [7, 11) is 0. The van der Waals surface area contributed by atoms with Crippen LogP contribution in [0.15, 0.2) is 24.3 Å². The van der Waals surface area contributed by atoms with Gasteiger partial charge >= 0.3 is 5.97 Å². The summed E-state index contributed by atoms with van der Waals surface area (Å²) >= 11 is 0. The van der Waals surface area contributed by atoms with E-state index in [1.807, 2.05) is 49.2 Å². The molecule has 2 aromatic heterocycles. The lowest BCUT2D eigenvalue weighted by Crippen LogP contribution is -2.25. The molecule has 0 aromatic carbocycles. The highest BCUT2D eigenvalue weighted by Crippen LogP contribution is 2.16. The van der Waals surface area contributed by atoms with Gasteiger partial charge in [-0.05, 0) is 46.8 Å². The van der Waals surface area contributed by atoms with E-state index >= 15 is 0 Å². The number of hydrogen-bond donors (Lipinski definition) is 0. The van der Waals surface area contributed by atoms with E-state index in [4.69, 9.17) is 4.74 Å². The normalized spacial score (nSPS) is 12.2. The van der Waals surface area contributed by atoms with Crippen LogP contribution in [-0.2, 0) is 16.1 Å². The predicted octanol–water partition coefficient (Wildman–Crippen LogP) is 2.67. The van der Waals surface area contributed by atoms with Crippen LogP contribution in [0.2, 0.25) is 0 Å². The highest BCUT2D eigenvalue weighted by atomic mass is 16.5. The van der Waals surface area contributed by atoms with Gasteiger partial charge in [0, 0.05) is 17.0 Å². The number of aromatic nitrogens is 4. The summed E-state index contributed by atoms with van der Waals surface area (Å²) in [5, 5.41) is 9.02. The zero-order chi connectivity index (χ0) is 17.1. The molecule has 6 heteroatoms. The summed E-state index contributed by atoms with van der Waals surface area (Å²) in [4.78, 5) is 11.7. The van der Waals surface area contributed by atoms with E-state index in [1.54, 1.807) is 6.92 Å². The van der Waals surface area contributed by atoms with Crippen molar-refractivity contribution in [3.05, 3.63) is 47.1 Å². The first kappa shape index (κ1) is 17.0. The maximum atomic E-state index is 11.7. The minimum Gasteiger partial charge on any atom is -0.460 e. The summed E-state index contributed by atoms with van der Waals surface area (Å²) in [6, 6.07) is 3.91. The van der Waals surface area contributed by atoms with Crippen molar-refractivity contribution in [2.24, 2.45) is 0 Å². The van der Waals surface area contributed by atoms with Crippen molar-refractivity contribution in [2.45, 2.75) is 47.2 Å². The van der Waals surface area contributed by atoms with Crippen LogP contribution in [0.1, 0.15) is 35.7 Å². The first-order valence-electron chi connectivity index (χ1n) is 7.64. The fourth-order valence-electron chi connectivity index (χ4n) is 2.57. The lowest BCUT2D eigenvalue weighted by Gasteiger charge is -2.20. The van der Waals surface area contributed by atoms with Gasteiger partial charge in [0.1, 0.15) is 12.6 Å². The molecule has 0 radical (unpaired) electrons. The minimum absolute atomic E-state index is 0.120. The third kappa shape index (κ3) is 4.09. The molecule has 0 aliphatic carbocycles. The molecule has 0 fully saturated rings. The molecule has 2 heterocycles. The van der Waals surface area contributed by atoms with Crippen molar-refractivity contribution in [3.8, 4) is 0 Å². The van der Waals surface area contributed by atoms with Crippen LogP contribution in [0.25, 0.3) is 0 Å². The number of esters is 1. The molecule has 0 amide bonds. The molecular formula is C17H24N4O2. The van der Waals surface area contributed by atoms with Crippen molar-refractivity contribution >= 4 is 5.97 Å².